The predicted octanol–water partition coefficient (Wildman–Crippen LogP) is 3.68. The molecule has 1 fully saturated rings. The SMILES string of the molecule is CCCN(C)C(=O)CN1C[C@H](c2ccc(F)c(F)c2)[C@@H](C(=O)O)[C@@H]1c1ccc(OC)cc1. The van der Waals surface area contributed by atoms with Gasteiger partial charge in [0.05, 0.1) is 19.6 Å². The summed E-state index contributed by atoms with van der Waals surface area (Å²) in [5, 5.41) is 10.1. The summed E-state index contributed by atoms with van der Waals surface area (Å²) in [5.41, 5.74) is 1.11. The largest absolute Gasteiger partial charge is 0.497 e. The molecule has 0 radical (unpaired) electrons. The van der Waals surface area contributed by atoms with E-state index in [0.717, 1.165) is 18.6 Å². The number of likely N-dealkylation sites (tertiary alicyclic amines) is 1. The second-order valence-corrected chi connectivity index (χ2v) is 8.11. The number of methoxy groups -OCH3 is 1. The highest BCUT2D eigenvalue weighted by atomic mass is 19.2. The van der Waals surface area contributed by atoms with E-state index in [1.54, 1.807) is 36.2 Å². The van der Waals surface area contributed by atoms with Gasteiger partial charge >= 0.3 is 5.97 Å². The summed E-state index contributed by atoms with van der Waals surface area (Å²) in [6.45, 7) is 2.82. The molecule has 0 saturated carbocycles. The van der Waals surface area contributed by atoms with E-state index in [4.69, 9.17) is 4.74 Å². The van der Waals surface area contributed by atoms with Gasteiger partial charge in [0.1, 0.15) is 5.75 Å². The maximum Gasteiger partial charge on any atom is 0.309 e. The molecule has 0 bridgehead atoms. The third-order valence-corrected chi connectivity index (χ3v) is 6.04. The highest BCUT2D eigenvalue weighted by Gasteiger charge is 2.48. The zero-order valence-corrected chi connectivity index (χ0v) is 18.4. The van der Waals surface area contributed by atoms with Crippen LogP contribution in [0.3, 0.4) is 0 Å². The van der Waals surface area contributed by atoms with Gasteiger partial charge in [0.15, 0.2) is 11.6 Å². The molecular weight excluding hydrogens is 418 g/mol. The Hall–Kier alpha value is -3.00. The molecule has 8 heteroatoms. The minimum absolute atomic E-state index is 0.0250. The first-order valence-electron chi connectivity index (χ1n) is 10.6. The molecule has 1 amide bonds. The molecule has 172 valence electrons. The number of likely N-dealkylation sites (N-methyl/N-ethyl adjacent to an activating group) is 1. The van der Waals surface area contributed by atoms with Crippen molar-refractivity contribution in [3.63, 3.8) is 0 Å². The molecule has 1 aliphatic rings. The Bertz CT molecular complexity index is 967. The summed E-state index contributed by atoms with van der Waals surface area (Å²) in [7, 11) is 3.25. The molecule has 6 nitrogen and oxygen atoms in total. The fourth-order valence-electron chi connectivity index (χ4n) is 4.43. The van der Waals surface area contributed by atoms with Crippen LogP contribution in [0.4, 0.5) is 8.78 Å². The van der Waals surface area contributed by atoms with Crippen LogP contribution < -0.4 is 4.74 Å². The average Bonchev–Trinajstić information content (AvgIpc) is 3.15. The lowest BCUT2D eigenvalue weighted by molar-refractivity contribution is -0.143. The Kier molecular flexibility index (Phi) is 7.45. The molecular formula is C24H28F2N2O4. The van der Waals surface area contributed by atoms with E-state index >= 15 is 0 Å². The molecule has 0 unspecified atom stereocenters. The van der Waals surface area contributed by atoms with Crippen LogP contribution in [0.2, 0.25) is 0 Å². The van der Waals surface area contributed by atoms with E-state index in [1.807, 2.05) is 11.8 Å². The van der Waals surface area contributed by atoms with E-state index < -0.39 is 35.5 Å². The quantitative estimate of drug-likeness (QED) is 0.670. The minimum atomic E-state index is -1.06. The van der Waals surface area contributed by atoms with Crippen molar-refractivity contribution in [3.05, 3.63) is 65.2 Å². The fraction of sp³-hybridized carbons (Fsp3) is 0.417. The van der Waals surface area contributed by atoms with Crippen LogP contribution >= 0.6 is 0 Å². The number of amides is 1. The molecule has 2 aromatic rings. The van der Waals surface area contributed by atoms with Crippen molar-refractivity contribution in [1.29, 1.82) is 0 Å². The van der Waals surface area contributed by atoms with Gasteiger partial charge < -0.3 is 14.7 Å². The van der Waals surface area contributed by atoms with E-state index in [2.05, 4.69) is 0 Å². The molecule has 3 atom stereocenters. The van der Waals surface area contributed by atoms with Crippen molar-refractivity contribution >= 4 is 11.9 Å². The van der Waals surface area contributed by atoms with Crippen LogP contribution in [0.5, 0.6) is 5.75 Å². The molecule has 2 aromatic carbocycles. The van der Waals surface area contributed by atoms with Gasteiger partial charge in [0.25, 0.3) is 0 Å². The van der Waals surface area contributed by atoms with Gasteiger partial charge in [0.2, 0.25) is 5.91 Å². The van der Waals surface area contributed by atoms with Gasteiger partial charge in [-0.25, -0.2) is 8.78 Å². The van der Waals surface area contributed by atoms with Crippen molar-refractivity contribution in [3.8, 4) is 5.75 Å². The zero-order valence-electron chi connectivity index (χ0n) is 18.4. The number of carbonyl (C=O) groups excluding carboxylic acids is 1. The van der Waals surface area contributed by atoms with Crippen molar-refractivity contribution in [2.75, 3.05) is 33.8 Å². The number of carboxylic acids is 1. The Balaban J connectivity index is 2.02. The van der Waals surface area contributed by atoms with Crippen LogP contribution in [0, 0.1) is 17.6 Å². The number of ether oxygens (including phenoxy) is 1. The van der Waals surface area contributed by atoms with Gasteiger partial charge in [-0.05, 0) is 41.8 Å². The summed E-state index contributed by atoms with van der Waals surface area (Å²) in [5.74, 6) is -4.13. The van der Waals surface area contributed by atoms with Crippen LogP contribution in [0.15, 0.2) is 42.5 Å². The molecule has 32 heavy (non-hydrogen) atoms. The van der Waals surface area contributed by atoms with Crippen LogP contribution in [0.1, 0.15) is 36.4 Å². The Morgan fingerprint density at radius 2 is 1.78 bits per heavy atom. The van der Waals surface area contributed by atoms with Gasteiger partial charge in [-0.2, -0.15) is 0 Å². The average molecular weight is 446 g/mol. The maximum atomic E-state index is 14.0. The van der Waals surface area contributed by atoms with Gasteiger partial charge in [-0.3, -0.25) is 14.5 Å². The molecule has 1 saturated heterocycles. The van der Waals surface area contributed by atoms with Crippen LogP contribution in [-0.2, 0) is 9.59 Å². The smallest absolute Gasteiger partial charge is 0.309 e. The second-order valence-electron chi connectivity index (χ2n) is 8.11. The van der Waals surface area contributed by atoms with Crippen molar-refractivity contribution in [2.24, 2.45) is 5.92 Å². The standard InChI is InChI=1S/C24H28F2N2O4/c1-4-11-27(2)21(29)14-28-13-18(16-7-10-19(25)20(26)12-16)22(24(30)31)23(28)15-5-8-17(32-3)9-6-15/h5-10,12,18,22-23H,4,11,13-14H2,1-3H3,(H,30,31)/t18-,22-,23+/m1/s1. The number of rotatable bonds is 8. The molecule has 0 aliphatic carbocycles. The van der Waals surface area contributed by atoms with Crippen molar-refractivity contribution in [1.82, 2.24) is 9.80 Å². The number of halogens is 2. The van der Waals surface area contributed by atoms with Crippen LogP contribution in [-0.4, -0.2) is 60.6 Å². The molecule has 0 spiro atoms. The molecule has 1 N–H and O–H groups in total. The summed E-state index contributed by atoms with van der Waals surface area (Å²) < 4.78 is 32.7. The predicted molar refractivity (Wildman–Crippen MR) is 115 cm³/mol. The normalized spacial score (nSPS) is 20.8. The zero-order chi connectivity index (χ0) is 23.4. The summed E-state index contributed by atoms with van der Waals surface area (Å²) >= 11 is 0. The number of hydrogen-bond donors (Lipinski definition) is 1. The number of hydrogen-bond acceptors (Lipinski definition) is 4. The number of benzene rings is 2. The molecule has 1 aliphatic heterocycles. The lowest BCUT2D eigenvalue weighted by atomic mass is 9.83. The summed E-state index contributed by atoms with van der Waals surface area (Å²) in [4.78, 5) is 28.6. The summed E-state index contributed by atoms with van der Waals surface area (Å²) in [6.07, 6.45) is 0.805. The fourth-order valence-corrected chi connectivity index (χ4v) is 4.43. The minimum Gasteiger partial charge on any atom is -0.497 e. The van der Waals surface area contributed by atoms with E-state index in [-0.39, 0.29) is 19.0 Å². The third kappa shape index (κ3) is 4.91. The van der Waals surface area contributed by atoms with Gasteiger partial charge in [-0.1, -0.05) is 25.1 Å². The highest BCUT2D eigenvalue weighted by molar-refractivity contribution is 5.79. The lowest BCUT2D eigenvalue weighted by Gasteiger charge is -2.28. The summed E-state index contributed by atoms with van der Waals surface area (Å²) in [6, 6.07) is 9.89. The van der Waals surface area contributed by atoms with Crippen molar-refractivity contribution < 1.29 is 28.2 Å². The topological polar surface area (TPSA) is 70.1 Å². The maximum absolute atomic E-state index is 14.0. The molecule has 0 aromatic heterocycles. The lowest BCUT2D eigenvalue weighted by Crippen LogP contribution is -2.39. The second kappa shape index (κ2) is 10.1. The van der Waals surface area contributed by atoms with E-state index in [1.165, 1.54) is 13.2 Å². The van der Waals surface area contributed by atoms with E-state index in [9.17, 15) is 23.5 Å². The van der Waals surface area contributed by atoms with Crippen LogP contribution in [0.25, 0.3) is 0 Å². The Labute approximate surface area is 186 Å². The highest BCUT2D eigenvalue weighted by Crippen LogP contribution is 2.46. The number of carboxylic acid groups (broad SMARTS) is 1. The number of carbonyl (C=O) groups is 2. The Morgan fingerprint density at radius 3 is 2.34 bits per heavy atom. The molecule has 3 rings (SSSR count). The van der Waals surface area contributed by atoms with Gasteiger partial charge in [-0.15, -0.1) is 0 Å². The van der Waals surface area contributed by atoms with E-state index in [0.29, 0.717) is 23.4 Å². The first-order chi connectivity index (χ1) is 15.3. The van der Waals surface area contributed by atoms with Gasteiger partial charge in [0, 0.05) is 32.1 Å². The monoisotopic (exact) mass is 446 g/mol. The number of aliphatic carboxylic acids is 1. The third-order valence-electron chi connectivity index (χ3n) is 6.04. The first-order valence-corrected chi connectivity index (χ1v) is 10.6. The molecule has 1 heterocycles. The Morgan fingerprint density at radius 1 is 1.12 bits per heavy atom. The number of nitrogens with zero attached hydrogens (tertiary/aromatic N) is 2. The first kappa shape index (κ1) is 23.7. The van der Waals surface area contributed by atoms with Crippen molar-refractivity contribution in [2.45, 2.75) is 25.3 Å².